The molecule has 0 atom stereocenters. The fraction of sp³-hybridized carbons (Fsp3) is 0.444. The summed E-state index contributed by atoms with van der Waals surface area (Å²) in [5.41, 5.74) is 4.01. The Balaban J connectivity index is 1.51. The first-order chi connectivity index (χ1) is 10.3. The van der Waals surface area contributed by atoms with Gasteiger partial charge in [0.1, 0.15) is 0 Å². The van der Waals surface area contributed by atoms with Gasteiger partial charge in [0.15, 0.2) is 0 Å². The topological polar surface area (TPSA) is 12.5 Å². The number of aryl methyl sites for hydroxylation is 2. The van der Waals surface area contributed by atoms with Crippen molar-refractivity contribution in [2.24, 2.45) is 0 Å². The molecular weight excluding hydrogens is 278 g/mol. The molecule has 0 unspecified atom stereocenters. The normalized spacial score (nSPS) is 16.2. The maximum Gasteiger partial charge on any atom is 0.0594 e. The molecule has 3 heteroatoms. The predicted molar refractivity (Wildman–Crippen MR) is 90.1 cm³/mol. The molecule has 112 valence electrons. The monoisotopic (exact) mass is 301 g/mol. The summed E-state index contributed by atoms with van der Waals surface area (Å²) in [4.78, 5) is 4.01. The van der Waals surface area contributed by atoms with Crippen LogP contribution in [0, 0.1) is 6.92 Å². The van der Waals surface area contributed by atoms with Crippen LogP contribution in [-0.4, -0.2) is 37.7 Å². The summed E-state index contributed by atoms with van der Waals surface area (Å²) in [5, 5.41) is 2.29. The molecule has 0 amide bonds. The largest absolute Gasteiger partial charge is 0.379 e. The summed E-state index contributed by atoms with van der Waals surface area (Å²) in [7, 11) is 0. The van der Waals surface area contributed by atoms with Crippen molar-refractivity contribution >= 4 is 11.3 Å². The van der Waals surface area contributed by atoms with Crippen molar-refractivity contribution in [2.45, 2.75) is 19.8 Å². The summed E-state index contributed by atoms with van der Waals surface area (Å²) >= 11 is 1.89. The number of morpholine rings is 1. The highest BCUT2D eigenvalue weighted by atomic mass is 32.1. The van der Waals surface area contributed by atoms with E-state index >= 15 is 0 Å². The minimum Gasteiger partial charge on any atom is -0.379 e. The molecular formula is C18H23NOS. The third-order valence-corrected chi connectivity index (χ3v) is 5.04. The average Bonchev–Trinajstić information content (AvgIpc) is 2.98. The van der Waals surface area contributed by atoms with Crippen LogP contribution in [0.3, 0.4) is 0 Å². The van der Waals surface area contributed by atoms with Crippen molar-refractivity contribution in [1.82, 2.24) is 4.90 Å². The van der Waals surface area contributed by atoms with Gasteiger partial charge in [0.25, 0.3) is 0 Å². The summed E-state index contributed by atoms with van der Waals surface area (Å²) in [6.07, 6.45) is 2.43. The fourth-order valence-corrected chi connectivity index (χ4v) is 3.65. The first kappa shape index (κ1) is 14.8. The van der Waals surface area contributed by atoms with Crippen molar-refractivity contribution in [3.05, 3.63) is 46.2 Å². The molecule has 2 nitrogen and oxygen atoms in total. The number of benzene rings is 1. The summed E-state index contributed by atoms with van der Waals surface area (Å²) in [6.45, 7) is 7.32. The molecule has 0 bridgehead atoms. The first-order valence-electron chi connectivity index (χ1n) is 7.76. The van der Waals surface area contributed by atoms with E-state index in [2.05, 4.69) is 47.5 Å². The van der Waals surface area contributed by atoms with Gasteiger partial charge in [-0.15, -0.1) is 11.3 Å². The van der Waals surface area contributed by atoms with Crippen molar-refractivity contribution in [1.29, 1.82) is 0 Å². The van der Waals surface area contributed by atoms with E-state index < -0.39 is 0 Å². The van der Waals surface area contributed by atoms with E-state index in [0.29, 0.717) is 0 Å². The molecule has 0 N–H and O–H groups in total. The van der Waals surface area contributed by atoms with Crippen LogP contribution in [0.4, 0.5) is 0 Å². The van der Waals surface area contributed by atoms with E-state index in [1.165, 1.54) is 41.0 Å². The minimum absolute atomic E-state index is 0.899. The van der Waals surface area contributed by atoms with Crippen LogP contribution in [0.5, 0.6) is 0 Å². The van der Waals surface area contributed by atoms with Crippen LogP contribution < -0.4 is 0 Å². The minimum atomic E-state index is 0.899. The molecule has 1 aliphatic heterocycles. The zero-order valence-electron chi connectivity index (χ0n) is 12.7. The first-order valence-corrected chi connectivity index (χ1v) is 8.64. The van der Waals surface area contributed by atoms with Gasteiger partial charge in [-0.1, -0.05) is 29.8 Å². The lowest BCUT2D eigenvalue weighted by atomic mass is 10.1. The molecule has 21 heavy (non-hydrogen) atoms. The van der Waals surface area contributed by atoms with Gasteiger partial charge in [-0.05, 0) is 48.9 Å². The number of ether oxygens (including phenoxy) is 1. The molecule has 1 saturated heterocycles. The number of thiophene rings is 1. The summed E-state index contributed by atoms with van der Waals surface area (Å²) in [5.74, 6) is 0. The Morgan fingerprint density at radius 1 is 1.10 bits per heavy atom. The molecule has 2 aromatic rings. The smallest absolute Gasteiger partial charge is 0.0594 e. The molecule has 0 saturated carbocycles. The third kappa shape index (κ3) is 4.16. The highest BCUT2D eigenvalue weighted by molar-refractivity contribution is 7.10. The van der Waals surface area contributed by atoms with Crippen LogP contribution in [0.1, 0.15) is 16.9 Å². The number of hydrogen-bond acceptors (Lipinski definition) is 3. The van der Waals surface area contributed by atoms with Gasteiger partial charge in [0.2, 0.25) is 0 Å². The Kier molecular flexibility index (Phi) is 5.07. The van der Waals surface area contributed by atoms with Gasteiger partial charge in [-0.25, -0.2) is 0 Å². The predicted octanol–water partition coefficient (Wildman–Crippen LogP) is 3.99. The number of rotatable bonds is 5. The van der Waals surface area contributed by atoms with Gasteiger partial charge in [-0.2, -0.15) is 0 Å². The molecule has 0 radical (unpaired) electrons. The molecule has 0 aliphatic carbocycles. The maximum atomic E-state index is 5.39. The third-order valence-electron chi connectivity index (χ3n) is 4.04. The Bertz CT molecular complexity index is 555. The Hall–Kier alpha value is -1.16. The van der Waals surface area contributed by atoms with E-state index in [0.717, 1.165) is 26.3 Å². The lowest BCUT2D eigenvalue weighted by Crippen LogP contribution is -2.36. The average molecular weight is 301 g/mol. The standard InChI is InChI=1S/C18H23NOS/c1-15-4-6-16(7-5-15)17-13-18(21-14-17)3-2-8-19-9-11-20-12-10-19/h4-7,13-14H,2-3,8-12H2,1H3. The van der Waals surface area contributed by atoms with Crippen LogP contribution in [-0.2, 0) is 11.2 Å². The molecule has 1 fully saturated rings. The van der Waals surface area contributed by atoms with E-state index in [1.54, 1.807) is 0 Å². The van der Waals surface area contributed by atoms with Gasteiger partial charge in [-0.3, -0.25) is 4.90 Å². The second kappa shape index (κ2) is 7.21. The second-order valence-electron chi connectivity index (χ2n) is 5.73. The van der Waals surface area contributed by atoms with Crippen LogP contribution >= 0.6 is 11.3 Å². The Morgan fingerprint density at radius 3 is 2.62 bits per heavy atom. The van der Waals surface area contributed by atoms with Crippen LogP contribution in [0.15, 0.2) is 35.7 Å². The Labute approximate surface area is 131 Å². The lowest BCUT2D eigenvalue weighted by molar-refractivity contribution is 0.0375. The Morgan fingerprint density at radius 2 is 1.86 bits per heavy atom. The fourth-order valence-electron chi connectivity index (χ4n) is 2.71. The maximum absolute atomic E-state index is 5.39. The van der Waals surface area contributed by atoms with Gasteiger partial charge >= 0.3 is 0 Å². The number of hydrogen-bond donors (Lipinski definition) is 0. The van der Waals surface area contributed by atoms with E-state index in [1.807, 2.05) is 11.3 Å². The molecule has 1 aliphatic rings. The SMILES string of the molecule is Cc1ccc(-c2csc(CCCN3CCOCC3)c2)cc1. The molecule has 1 aromatic carbocycles. The zero-order valence-corrected chi connectivity index (χ0v) is 13.5. The van der Waals surface area contributed by atoms with E-state index in [4.69, 9.17) is 4.74 Å². The highest BCUT2D eigenvalue weighted by Crippen LogP contribution is 2.26. The van der Waals surface area contributed by atoms with E-state index in [-0.39, 0.29) is 0 Å². The number of nitrogens with zero attached hydrogens (tertiary/aromatic N) is 1. The van der Waals surface area contributed by atoms with Crippen LogP contribution in [0.25, 0.3) is 11.1 Å². The molecule has 1 aromatic heterocycles. The van der Waals surface area contributed by atoms with Crippen molar-refractivity contribution in [3.63, 3.8) is 0 Å². The van der Waals surface area contributed by atoms with Gasteiger partial charge < -0.3 is 4.74 Å². The second-order valence-corrected chi connectivity index (χ2v) is 6.72. The lowest BCUT2D eigenvalue weighted by Gasteiger charge is -2.26. The van der Waals surface area contributed by atoms with Gasteiger partial charge in [0.05, 0.1) is 13.2 Å². The van der Waals surface area contributed by atoms with E-state index in [9.17, 15) is 0 Å². The highest BCUT2D eigenvalue weighted by Gasteiger charge is 2.10. The molecule has 3 rings (SSSR count). The molecule has 2 heterocycles. The molecule has 0 spiro atoms. The van der Waals surface area contributed by atoms with Crippen LogP contribution in [0.2, 0.25) is 0 Å². The van der Waals surface area contributed by atoms with Crippen molar-refractivity contribution in [2.75, 3.05) is 32.8 Å². The van der Waals surface area contributed by atoms with Gasteiger partial charge in [0, 0.05) is 18.0 Å². The quantitative estimate of drug-likeness (QED) is 0.828. The summed E-state index contributed by atoms with van der Waals surface area (Å²) in [6, 6.07) is 11.2. The summed E-state index contributed by atoms with van der Waals surface area (Å²) < 4.78 is 5.39. The van der Waals surface area contributed by atoms with Crippen molar-refractivity contribution in [3.8, 4) is 11.1 Å². The van der Waals surface area contributed by atoms with Crippen molar-refractivity contribution < 1.29 is 4.74 Å². The zero-order chi connectivity index (χ0) is 14.5.